The molecule has 7 aliphatic rings. The van der Waals surface area contributed by atoms with Crippen molar-refractivity contribution in [1.29, 1.82) is 0 Å². The molecule has 1 unspecified atom stereocenters. The van der Waals surface area contributed by atoms with E-state index >= 15 is 0 Å². The highest BCUT2D eigenvalue weighted by atomic mass is 32.2. The molecule has 314 valence electrons. The fraction of sp³-hybridized carbons (Fsp3) is 0.760. The van der Waals surface area contributed by atoms with E-state index in [4.69, 9.17) is 9.47 Å². The van der Waals surface area contributed by atoms with Gasteiger partial charge in [-0.05, 0) is 165 Å². The third kappa shape index (κ3) is 6.92. The monoisotopic (exact) mass is 798 g/mol. The Morgan fingerprint density at radius 3 is 2.47 bits per heavy atom. The van der Waals surface area contributed by atoms with Gasteiger partial charge in [0.05, 0.1) is 12.8 Å². The number of aromatic nitrogens is 1. The molecule has 1 aliphatic heterocycles. The van der Waals surface area contributed by atoms with Gasteiger partial charge in [-0.2, -0.15) is 11.8 Å². The van der Waals surface area contributed by atoms with Crippen LogP contribution in [-0.4, -0.2) is 72.3 Å². The molecule has 10 atom stereocenters. The summed E-state index contributed by atoms with van der Waals surface area (Å²) in [7, 11) is 0. The number of hydrogen-bond donors (Lipinski definition) is 1. The van der Waals surface area contributed by atoms with E-state index < -0.39 is 5.41 Å². The summed E-state index contributed by atoms with van der Waals surface area (Å²) in [4.78, 5) is 20.4. The number of carbonyl (C=O) groups excluding carboxylic acids is 1. The van der Waals surface area contributed by atoms with E-state index in [1.54, 1.807) is 18.0 Å². The summed E-state index contributed by atoms with van der Waals surface area (Å²) in [5.41, 5.74) is 5.06. The lowest BCUT2D eigenvalue weighted by atomic mass is 9.33. The number of nitrogens with zero attached hydrogens (tertiary/aromatic N) is 2. The van der Waals surface area contributed by atoms with Crippen molar-refractivity contribution in [3.05, 3.63) is 60.0 Å². The van der Waals surface area contributed by atoms with Crippen LogP contribution in [0.25, 0.3) is 0 Å². The van der Waals surface area contributed by atoms with E-state index in [2.05, 4.69) is 87.2 Å². The van der Waals surface area contributed by atoms with Crippen LogP contribution in [0, 0.1) is 56.7 Å². The Hall–Kier alpha value is -2.09. The van der Waals surface area contributed by atoms with Gasteiger partial charge in [-0.15, -0.1) is 0 Å². The zero-order chi connectivity index (χ0) is 40.3. The third-order valence-corrected chi connectivity index (χ3v) is 19.4. The van der Waals surface area contributed by atoms with Crippen LogP contribution >= 0.6 is 11.8 Å². The highest BCUT2D eigenvalue weighted by Gasteiger charge is 2.70. The van der Waals surface area contributed by atoms with Crippen LogP contribution in [0.5, 0.6) is 5.75 Å². The first-order valence-corrected chi connectivity index (χ1v) is 24.2. The number of carbonyl (C=O) groups is 1. The molecular weight excluding hydrogens is 723 g/mol. The lowest BCUT2D eigenvalue weighted by Gasteiger charge is -2.72. The van der Waals surface area contributed by atoms with Crippen molar-refractivity contribution < 1.29 is 14.3 Å². The minimum atomic E-state index is -0.675. The number of rotatable bonds is 11. The lowest BCUT2D eigenvalue weighted by Crippen LogP contribution is -2.68. The number of fused-ring (bicyclic) bond motifs is 7. The fourth-order valence-corrected chi connectivity index (χ4v) is 16.3. The normalized spacial score (nSPS) is 41.4. The van der Waals surface area contributed by atoms with Gasteiger partial charge < -0.3 is 19.7 Å². The molecule has 0 bridgehead atoms. The Morgan fingerprint density at radius 1 is 0.965 bits per heavy atom. The molecule has 5 fully saturated rings. The van der Waals surface area contributed by atoms with Gasteiger partial charge in [0.1, 0.15) is 17.8 Å². The average Bonchev–Trinajstić information content (AvgIpc) is 3.58. The predicted octanol–water partition coefficient (Wildman–Crippen LogP) is 10.7. The third-order valence-electron chi connectivity index (χ3n) is 18.5. The van der Waals surface area contributed by atoms with Gasteiger partial charge in [-0.1, -0.05) is 58.9 Å². The molecule has 7 heteroatoms. The predicted molar refractivity (Wildman–Crippen MR) is 235 cm³/mol. The van der Waals surface area contributed by atoms with Gasteiger partial charge in [-0.3, -0.25) is 9.78 Å². The van der Waals surface area contributed by atoms with Gasteiger partial charge >= 0.3 is 5.97 Å². The summed E-state index contributed by atoms with van der Waals surface area (Å²) >= 11 is 2.12. The molecule has 1 aromatic heterocycles. The molecule has 6 aliphatic carbocycles. The number of hydrogen-bond acceptors (Lipinski definition) is 7. The Kier molecular flexibility index (Phi) is 11.5. The molecule has 1 saturated heterocycles. The van der Waals surface area contributed by atoms with Crippen LogP contribution < -0.4 is 10.1 Å². The second-order valence-electron chi connectivity index (χ2n) is 21.2. The smallest absolute Gasteiger partial charge is 0.315 e. The highest BCUT2D eigenvalue weighted by molar-refractivity contribution is 7.99. The second-order valence-corrected chi connectivity index (χ2v) is 22.4. The van der Waals surface area contributed by atoms with Crippen LogP contribution in [0.2, 0.25) is 0 Å². The molecule has 1 aromatic rings. The number of esters is 1. The van der Waals surface area contributed by atoms with Crippen LogP contribution in [-0.2, 0) is 9.53 Å². The summed E-state index contributed by atoms with van der Waals surface area (Å²) in [5, 5.41) is 4.36. The molecule has 6 nitrogen and oxygen atoms in total. The summed E-state index contributed by atoms with van der Waals surface area (Å²) < 4.78 is 11.9. The molecule has 8 rings (SSSR count). The molecule has 0 spiro atoms. The van der Waals surface area contributed by atoms with Crippen LogP contribution in [0.4, 0.5) is 0 Å². The van der Waals surface area contributed by atoms with Crippen molar-refractivity contribution in [2.75, 3.05) is 50.9 Å². The molecule has 0 aromatic carbocycles. The average molecular weight is 798 g/mol. The van der Waals surface area contributed by atoms with Gasteiger partial charge in [-0.25, -0.2) is 0 Å². The Balaban J connectivity index is 1.02. The maximum atomic E-state index is 13.5. The topological polar surface area (TPSA) is 63.7 Å². The summed E-state index contributed by atoms with van der Waals surface area (Å²) in [5.74, 6) is 6.62. The lowest BCUT2D eigenvalue weighted by molar-refractivity contribution is -0.221. The summed E-state index contributed by atoms with van der Waals surface area (Å²) in [6.07, 6.45) is 22.7. The Labute approximate surface area is 350 Å². The maximum absolute atomic E-state index is 13.5. The molecule has 1 N–H and O–H groups in total. The molecular formula is C50H75N3O3S. The van der Waals surface area contributed by atoms with Gasteiger partial charge in [0.25, 0.3) is 0 Å². The van der Waals surface area contributed by atoms with Crippen LogP contribution in [0.1, 0.15) is 126 Å². The molecule has 0 radical (unpaired) electrons. The maximum Gasteiger partial charge on any atom is 0.315 e. The van der Waals surface area contributed by atoms with E-state index in [0.29, 0.717) is 54.0 Å². The number of nitrogens with one attached hydrogen (secondary N) is 1. The highest BCUT2D eigenvalue weighted by Crippen LogP contribution is 2.76. The quantitative estimate of drug-likeness (QED) is 0.177. The zero-order valence-electron chi connectivity index (χ0n) is 36.7. The largest absolute Gasteiger partial charge is 0.491 e. The van der Waals surface area contributed by atoms with Gasteiger partial charge in [0.2, 0.25) is 0 Å². The summed E-state index contributed by atoms with van der Waals surface area (Å²) in [6.45, 7) is 27.9. The van der Waals surface area contributed by atoms with E-state index in [1.165, 1.54) is 100 Å². The minimum Gasteiger partial charge on any atom is -0.491 e. The van der Waals surface area contributed by atoms with Crippen LogP contribution in [0.15, 0.2) is 60.0 Å². The Morgan fingerprint density at radius 2 is 1.77 bits per heavy atom. The first kappa shape index (κ1) is 41.6. The molecule has 2 heterocycles. The number of thioether (sulfide) groups is 1. The van der Waals surface area contributed by atoms with E-state index in [-0.39, 0.29) is 22.3 Å². The number of pyridine rings is 1. The fourth-order valence-electron chi connectivity index (χ4n) is 15.3. The van der Waals surface area contributed by atoms with Crippen molar-refractivity contribution in [1.82, 2.24) is 15.2 Å². The van der Waals surface area contributed by atoms with Crippen molar-refractivity contribution in [3.8, 4) is 5.75 Å². The van der Waals surface area contributed by atoms with Gasteiger partial charge in [0, 0.05) is 49.4 Å². The van der Waals surface area contributed by atoms with E-state index in [0.717, 1.165) is 31.2 Å². The van der Waals surface area contributed by atoms with Crippen molar-refractivity contribution in [2.45, 2.75) is 131 Å². The minimum absolute atomic E-state index is 0.0727. The molecule has 4 saturated carbocycles. The zero-order valence-corrected chi connectivity index (χ0v) is 37.5. The number of allylic oxidation sites excluding steroid dienone is 5. The first-order chi connectivity index (χ1) is 27.2. The molecule has 57 heavy (non-hydrogen) atoms. The number of ether oxygens (including phenoxy) is 2. The molecule has 0 amide bonds. The van der Waals surface area contributed by atoms with Gasteiger partial charge in [0.15, 0.2) is 0 Å². The van der Waals surface area contributed by atoms with Crippen molar-refractivity contribution >= 4 is 17.7 Å². The standard InChI is InChI=1S/C50H75N3O3S/c1-9-55-44(54)49(34-56-37-11-10-26-51-33-37)21-14-36(15-22-49)39-17-19-46(6)41(45(39,4)5)18-20-48(8)42(46)13-12-40-43-38(35(2)3)16-23-50(43,25-24-47(40,48)7)52-27-28-53-29-31-57-32-30-53/h10-11,14,17,26,33,38,40-43,52H,2,9,12-13,15-16,18-25,27-32,34H2,1,3-8H3/t38-,40+,41-,42+,43+,46-,47+,48+,49?,50-/m0/s1. The second kappa shape index (κ2) is 15.7. The van der Waals surface area contributed by atoms with Crippen molar-refractivity contribution in [3.63, 3.8) is 0 Å². The van der Waals surface area contributed by atoms with Crippen molar-refractivity contribution in [2.24, 2.45) is 56.7 Å². The van der Waals surface area contributed by atoms with Crippen LogP contribution in [0.3, 0.4) is 0 Å². The SMILES string of the molecule is C=C(C)[C@@H]1CC[C@]2(NCCN3CCSCC3)CC[C@]3(C)[C@H](CC[C@@H]4[C@@]5(C)CC=C(C6=CCC(COc7cccnc7)(C(=O)OCC)CC6)C(C)(C)[C@@H]5CC[C@]43C)[C@@H]12. The Bertz CT molecular complexity index is 1720. The van der Waals surface area contributed by atoms with E-state index in [9.17, 15) is 4.79 Å². The summed E-state index contributed by atoms with van der Waals surface area (Å²) in [6, 6.07) is 3.79. The first-order valence-electron chi connectivity index (χ1n) is 23.0. The van der Waals surface area contributed by atoms with E-state index in [1.807, 2.05) is 19.1 Å².